The van der Waals surface area contributed by atoms with Gasteiger partial charge in [-0.1, -0.05) is 0 Å². The van der Waals surface area contributed by atoms with Crippen molar-refractivity contribution in [2.75, 3.05) is 0 Å². The van der Waals surface area contributed by atoms with Gasteiger partial charge in [0.2, 0.25) is 0 Å². The van der Waals surface area contributed by atoms with Crippen molar-refractivity contribution in [1.29, 1.82) is 0 Å². The fourth-order valence-corrected chi connectivity index (χ4v) is 0.642. The minimum absolute atomic E-state index is 2.00. The van der Waals surface area contributed by atoms with E-state index in [1.807, 2.05) is 60.7 Å². The van der Waals surface area contributed by atoms with Gasteiger partial charge in [-0.05, 0) is 0 Å². The van der Waals surface area contributed by atoms with Crippen molar-refractivity contribution < 1.29 is 15.4 Å². The second-order valence-corrected chi connectivity index (χ2v) is 1.92. The Morgan fingerprint density at radius 1 is 0.667 bits per heavy atom. The molecule has 0 fully saturated rings. The van der Waals surface area contributed by atoms with Crippen LogP contribution < -0.4 is 0 Å². The van der Waals surface area contributed by atoms with Crippen LogP contribution in [0.3, 0.4) is 0 Å². The zero-order valence-electron chi connectivity index (χ0n) is 6.56. The number of halogens is 1. The molecule has 0 nitrogen and oxygen atoms in total. The van der Waals surface area contributed by atoms with Gasteiger partial charge in [0, 0.05) is 0 Å². The summed E-state index contributed by atoms with van der Waals surface area (Å²) in [4.78, 5) is 0. The fraction of sp³-hybridized carbons (Fsp3) is 0. The van der Waals surface area contributed by atoms with Crippen molar-refractivity contribution in [2.24, 2.45) is 0 Å². The maximum atomic E-state index is 4.51. The Labute approximate surface area is 86.1 Å². The Morgan fingerprint density at radius 3 is 1.00 bits per heavy atom. The Balaban J connectivity index is 0.000000168. The average molecular weight is 218 g/mol. The van der Waals surface area contributed by atoms with E-state index in [4.69, 9.17) is 0 Å². The first-order chi connectivity index (χ1) is 6.00. The molecular weight excluding hydrogens is 208 g/mol. The minimum atomic E-state index is 2.00. The third-order valence-electron chi connectivity index (χ3n) is 1.11. The second-order valence-electron chi connectivity index (χ2n) is 1.92. The predicted octanol–water partition coefficient (Wildman–Crippen LogP) is 3.50. The first-order valence-electron chi connectivity index (χ1n) is 3.49. The molecule has 0 heterocycles. The van der Waals surface area contributed by atoms with Crippen molar-refractivity contribution in [3.63, 3.8) is 0 Å². The van der Waals surface area contributed by atoms with E-state index in [9.17, 15) is 0 Å². The largest absolute Gasteiger partial charge is 0.214 e. The van der Waals surface area contributed by atoms with Crippen LogP contribution in [0.2, 0.25) is 0 Å². The Kier molecular flexibility index (Phi) is 10.1. The Bertz CT molecular complexity index is 149. The van der Waals surface area contributed by atoms with Gasteiger partial charge in [-0.25, -0.2) is 24.3 Å². The Morgan fingerprint density at radius 2 is 0.917 bits per heavy atom. The van der Waals surface area contributed by atoms with E-state index in [-0.39, 0.29) is 0 Å². The van der Waals surface area contributed by atoms with Crippen LogP contribution in [0.25, 0.3) is 0 Å². The van der Waals surface area contributed by atoms with Crippen LogP contribution in [-0.2, 0) is 15.4 Å². The summed E-state index contributed by atoms with van der Waals surface area (Å²) >= 11 is 2.10. The SMILES string of the molecule is [Cl][Cr+2].c1cc[cH-]c1.c1cc[cH-]c1. The normalized spacial score (nSPS) is 7.00. The van der Waals surface area contributed by atoms with E-state index in [1.165, 1.54) is 0 Å². The van der Waals surface area contributed by atoms with Crippen LogP contribution in [0.5, 0.6) is 0 Å². The summed E-state index contributed by atoms with van der Waals surface area (Å²) in [6.07, 6.45) is 0. The van der Waals surface area contributed by atoms with Gasteiger partial charge < -0.3 is 0 Å². The van der Waals surface area contributed by atoms with Crippen LogP contribution in [0.15, 0.2) is 60.7 Å². The molecule has 0 bridgehead atoms. The van der Waals surface area contributed by atoms with Crippen LogP contribution in [0.4, 0.5) is 0 Å². The molecule has 0 unspecified atom stereocenters. The van der Waals surface area contributed by atoms with Crippen LogP contribution >= 0.6 is 10.0 Å². The zero-order chi connectivity index (χ0) is 9.07. The monoisotopic (exact) mass is 217 g/mol. The maximum absolute atomic E-state index is 4.51. The van der Waals surface area contributed by atoms with E-state index in [0.29, 0.717) is 0 Å². The third-order valence-corrected chi connectivity index (χ3v) is 1.11. The van der Waals surface area contributed by atoms with E-state index < -0.39 is 0 Å². The van der Waals surface area contributed by atoms with Gasteiger partial charge in [-0.2, -0.15) is 36.4 Å². The molecule has 2 aromatic carbocycles. The fourth-order valence-electron chi connectivity index (χ4n) is 0.642. The van der Waals surface area contributed by atoms with E-state index in [1.54, 1.807) is 0 Å². The van der Waals surface area contributed by atoms with Crippen molar-refractivity contribution in [1.82, 2.24) is 0 Å². The van der Waals surface area contributed by atoms with Gasteiger partial charge in [-0.15, -0.1) is 0 Å². The summed E-state index contributed by atoms with van der Waals surface area (Å²) in [7, 11) is 4.51. The summed E-state index contributed by atoms with van der Waals surface area (Å²) in [5.74, 6) is 0. The number of hydrogen-bond acceptors (Lipinski definition) is 0. The van der Waals surface area contributed by atoms with Gasteiger partial charge in [0.05, 0.1) is 0 Å². The third kappa shape index (κ3) is 7.63. The van der Waals surface area contributed by atoms with Crippen LogP contribution in [-0.4, -0.2) is 0 Å². The first-order valence-corrected chi connectivity index (χ1v) is 5.24. The minimum Gasteiger partial charge on any atom is -0.214 e. The molecule has 0 saturated carbocycles. The predicted molar refractivity (Wildman–Crippen MR) is 49.9 cm³/mol. The quantitative estimate of drug-likeness (QED) is 0.593. The first kappa shape index (κ1) is 11.5. The molecule has 0 aliphatic carbocycles. The smallest absolute Gasteiger partial charge is 0.172 e. The summed E-state index contributed by atoms with van der Waals surface area (Å²) < 4.78 is 0. The molecule has 0 aromatic heterocycles. The van der Waals surface area contributed by atoms with Crippen molar-refractivity contribution in [3.05, 3.63) is 60.7 Å². The van der Waals surface area contributed by atoms with Crippen molar-refractivity contribution in [3.8, 4) is 0 Å². The maximum Gasteiger partial charge on any atom is -0.172 e. The molecule has 0 spiro atoms. The molecule has 0 atom stereocenters. The van der Waals surface area contributed by atoms with Crippen molar-refractivity contribution in [2.45, 2.75) is 0 Å². The summed E-state index contributed by atoms with van der Waals surface area (Å²) in [5.41, 5.74) is 0. The molecule has 12 heavy (non-hydrogen) atoms. The topological polar surface area (TPSA) is 0 Å². The van der Waals surface area contributed by atoms with Crippen LogP contribution in [0, 0.1) is 0 Å². The zero-order valence-corrected chi connectivity index (χ0v) is 8.59. The molecule has 2 aromatic rings. The van der Waals surface area contributed by atoms with Gasteiger partial charge >= 0.3 is 25.4 Å². The molecule has 2 rings (SSSR count). The molecule has 0 aliphatic rings. The molecule has 0 N–H and O–H groups in total. The van der Waals surface area contributed by atoms with Gasteiger partial charge in [0.25, 0.3) is 0 Å². The van der Waals surface area contributed by atoms with Crippen LogP contribution in [0.1, 0.15) is 0 Å². The van der Waals surface area contributed by atoms with E-state index in [0.717, 1.165) is 0 Å². The van der Waals surface area contributed by atoms with Crippen molar-refractivity contribution >= 4 is 10.0 Å². The molecule has 0 saturated heterocycles. The van der Waals surface area contributed by atoms with Gasteiger partial charge in [-0.3, -0.25) is 0 Å². The average Bonchev–Trinajstić information content (AvgIpc) is 2.87. The molecule has 0 radical (unpaired) electrons. The molecule has 2 heteroatoms. The van der Waals surface area contributed by atoms with Gasteiger partial charge in [0.15, 0.2) is 0 Å². The Hall–Kier alpha value is -0.478. The van der Waals surface area contributed by atoms with E-state index >= 15 is 0 Å². The summed E-state index contributed by atoms with van der Waals surface area (Å²) in [6, 6.07) is 20.0. The molecule has 63 valence electrons. The van der Waals surface area contributed by atoms with E-state index in [2.05, 4.69) is 25.4 Å². The molecular formula is C10H10ClCr. The molecule has 0 amide bonds. The summed E-state index contributed by atoms with van der Waals surface area (Å²) in [6.45, 7) is 0. The standard InChI is InChI=1S/2C5H5.ClH.Cr/c2*1-2-4-5-3-1;;/h2*1-5H;1H;/q2*-1;;+3/p-1. The molecule has 0 aliphatic heterocycles. The second kappa shape index (κ2) is 10.5. The summed E-state index contributed by atoms with van der Waals surface area (Å²) in [5, 5.41) is 0. The number of rotatable bonds is 0. The van der Waals surface area contributed by atoms with Gasteiger partial charge in [0.1, 0.15) is 0 Å². The number of hydrogen-bond donors (Lipinski definition) is 0.